The van der Waals surface area contributed by atoms with Gasteiger partial charge in [-0.2, -0.15) is 0 Å². The molecule has 2 aliphatic rings. The third-order valence-electron chi connectivity index (χ3n) is 5.60. The van der Waals surface area contributed by atoms with Crippen LogP contribution in [0.3, 0.4) is 0 Å². The number of nitrogens with zero attached hydrogens (tertiary/aromatic N) is 2. The molecule has 1 aromatic rings. The predicted octanol–water partition coefficient (Wildman–Crippen LogP) is 0.988. The summed E-state index contributed by atoms with van der Waals surface area (Å²) in [7, 11) is 1.68. The molecule has 3 rings (SSSR count). The number of rotatable bonds is 8. The Morgan fingerprint density at radius 3 is 2.54 bits per heavy atom. The summed E-state index contributed by atoms with van der Waals surface area (Å²) in [6.07, 6.45) is 4.23. The largest absolute Gasteiger partial charge is 0.483 e. The van der Waals surface area contributed by atoms with Crippen molar-refractivity contribution < 1.29 is 14.3 Å². The molecule has 2 fully saturated rings. The van der Waals surface area contributed by atoms with Crippen molar-refractivity contribution >= 4 is 11.8 Å². The van der Waals surface area contributed by atoms with Gasteiger partial charge in [-0.25, -0.2) is 0 Å². The SMILES string of the molecule is CNC(=O)CN1CCC(NCc2ccccc2OCC(=O)N2CCCC2)CC1. The standard InChI is InChI=1S/C21H32N4O3/c1-22-20(26)15-24-12-8-18(9-13-24)23-14-17-6-2-3-7-19(17)28-16-21(27)25-10-4-5-11-25/h2-3,6-7,18,23H,4-5,8-16H2,1H3,(H,22,26). The zero-order valence-electron chi connectivity index (χ0n) is 16.8. The predicted molar refractivity (Wildman–Crippen MR) is 108 cm³/mol. The number of likely N-dealkylation sites (N-methyl/N-ethyl adjacent to an activating group) is 1. The van der Waals surface area contributed by atoms with Gasteiger partial charge in [-0.1, -0.05) is 18.2 Å². The summed E-state index contributed by atoms with van der Waals surface area (Å²) in [5.74, 6) is 0.921. The van der Waals surface area contributed by atoms with Gasteiger partial charge in [0.25, 0.3) is 5.91 Å². The minimum atomic E-state index is 0.0703. The second-order valence-electron chi connectivity index (χ2n) is 7.59. The van der Waals surface area contributed by atoms with Gasteiger partial charge >= 0.3 is 0 Å². The van der Waals surface area contributed by atoms with E-state index in [9.17, 15) is 9.59 Å². The molecule has 0 atom stereocenters. The van der Waals surface area contributed by atoms with Crippen LogP contribution in [0.5, 0.6) is 5.75 Å². The maximum atomic E-state index is 12.2. The van der Waals surface area contributed by atoms with Crippen molar-refractivity contribution in [3.63, 3.8) is 0 Å². The third-order valence-corrected chi connectivity index (χ3v) is 5.60. The quantitative estimate of drug-likeness (QED) is 0.695. The molecular weight excluding hydrogens is 356 g/mol. The second kappa shape index (κ2) is 10.4. The molecule has 28 heavy (non-hydrogen) atoms. The summed E-state index contributed by atoms with van der Waals surface area (Å²) >= 11 is 0. The molecule has 0 bridgehead atoms. The fourth-order valence-electron chi connectivity index (χ4n) is 3.82. The Hall–Kier alpha value is -2.12. The molecule has 0 aliphatic carbocycles. The Morgan fingerprint density at radius 1 is 1.11 bits per heavy atom. The van der Waals surface area contributed by atoms with Crippen molar-refractivity contribution in [3.8, 4) is 5.75 Å². The van der Waals surface area contributed by atoms with E-state index in [1.807, 2.05) is 29.2 Å². The average Bonchev–Trinajstić information content (AvgIpc) is 3.27. The Balaban J connectivity index is 1.43. The Labute approximate surface area is 167 Å². The van der Waals surface area contributed by atoms with Crippen LogP contribution < -0.4 is 15.4 Å². The van der Waals surface area contributed by atoms with Crippen LogP contribution in [0, 0.1) is 0 Å². The molecule has 2 saturated heterocycles. The van der Waals surface area contributed by atoms with Gasteiger partial charge in [0.15, 0.2) is 6.61 Å². The normalized spacial score (nSPS) is 18.2. The van der Waals surface area contributed by atoms with E-state index < -0.39 is 0 Å². The lowest BCUT2D eigenvalue weighted by Crippen LogP contribution is -2.45. The lowest BCUT2D eigenvalue weighted by atomic mass is 10.0. The van der Waals surface area contributed by atoms with Gasteiger partial charge in [0, 0.05) is 51.4 Å². The van der Waals surface area contributed by atoms with Crippen molar-refractivity contribution in [2.45, 2.75) is 38.3 Å². The highest BCUT2D eigenvalue weighted by atomic mass is 16.5. The van der Waals surface area contributed by atoms with Crippen molar-refractivity contribution in [1.29, 1.82) is 0 Å². The summed E-state index contributed by atoms with van der Waals surface area (Å²) in [5.41, 5.74) is 1.07. The molecule has 0 unspecified atom stereocenters. The molecule has 0 radical (unpaired) electrons. The van der Waals surface area contributed by atoms with Crippen molar-refractivity contribution in [1.82, 2.24) is 20.4 Å². The molecule has 2 aliphatic heterocycles. The van der Waals surface area contributed by atoms with Crippen LogP contribution in [0.25, 0.3) is 0 Å². The highest BCUT2D eigenvalue weighted by Gasteiger charge is 2.21. The number of ether oxygens (including phenoxy) is 1. The number of hydrogen-bond acceptors (Lipinski definition) is 5. The molecule has 0 saturated carbocycles. The van der Waals surface area contributed by atoms with Gasteiger partial charge in [0.1, 0.15) is 5.75 Å². The van der Waals surface area contributed by atoms with Crippen LogP contribution in [-0.4, -0.2) is 74.0 Å². The number of carbonyl (C=O) groups is 2. The van der Waals surface area contributed by atoms with Crippen molar-refractivity contribution in [2.24, 2.45) is 0 Å². The smallest absolute Gasteiger partial charge is 0.260 e. The highest BCUT2D eigenvalue weighted by molar-refractivity contribution is 5.78. The lowest BCUT2D eigenvalue weighted by Gasteiger charge is -2.32. The number of nitrogens with one attached hydrogen (secondary N) is 2. The Morgan fingerprint density at radius 2 is 1.82 bits per heavy atom. The van der Waals surface area contributed by atoms with Crippen molar-refractivity contribution in [3.05, 3.63) is 29.8 Å². The highest BCUT2D eigenvalue weighted by Crippen LogP contribution is 2.19. The molecule has 0 spiro atoms. The molecule has 7 heteroatoms. The number of piperidine rings is 1. The summed E-state index contributed by atoms with van der Waals surface area (Å²) in [6.45, 7) is 4.85. The number of amides is 2. The van der Waals surface area contributed by atoms with E-state index in [1.165, 1.54) is 0 Å². The first-order valence-electron chi connectivity index (χ1n) is 10.3. The van der Waals surface area contributed by atoms with Gasteiger partial charge < -0.3 is 20.3 Å². The minimum absolute atomic E-state index is 0.0703. The number of hydrogen-bond donors (Lipinski definition) is 2. The Kier molecular flexibility index (Phi) is 7.68. The van der Waals surface area contributed by atoms with Gasteiger partial charge in [0.2, 0.25) is 5.91 Å². The molecule has 7 nitrogen and oxygen atoms in total. The zero-order valence-corrected chi connectivity index (χ0v) is 16.8. The number of carbonyl (C=O) groups excluding carboxylic acids is 2. The lowest BCUT2D eigenvalue weighted by molar-refractivity contribution is -0.132. The van der Waals surface area contributed by atoms with E-state index in [2.05, 4.69) is 15.5 Å². The number of likely N-dealkylation sites (tertiary alicyclic amines) is 2. The van der Waals surface area contributed by atoms with Crippen LogP contribution >= 0.6 is 0 Å². The monoisotopic (exact) mass is 388 g/mol. The molecular formula is C21H32N4O3. The molecule has 1 aromatic carbocycles. The minimum Gasteiger partial charge on any atom is -0.483 e. The summed E-state index contributed by atoms with van der Waals surface area (Å²) in [5, 5.41) is 6.28. The van der Waals surface area contributed by atoms with Gasteiger partial charge in [0.05, 0.1) is 6.54 Å². The third kappa shape index (κ3) is 5.94. The first-order valence-corrected chi connectivity index (χ1v) is 10.3. The first-order chi connectivity index (χ1) is 13.7. The molecule has 0 aromatic heterocycles. The fourth-order valence-corrected chi connectivity index (χ4v) is 3.82. The summed E-state index contributed by atoms with van der Waals surface area (Å²) < 4.78 is 5.84. The first kappa shape index (κ1) is 20.6. The Bertz CT molecular complexity index is 653. The topological polar surface area (TPSA) is 73.9 Å². The van der Waals surface area contributed by atoms with Crippen molar-refractivity contribution in [2.75, 3.05) is 46.4 Å². The van der Waals surface area contributed by atoms with E-state index in [-0.39, 0.29) is 18.4 Å². The molecule has 2 N–H and O–H groups in total. The average molecular weight is 389 g/mol. The fraction of sp³-hybridized carbons (Fsp3) is 0.619. The number of benzene rings is 1. The van der Waals surface area contributed by atoms with Crippen LogP contribution in [0.15, 0.2) is 24.3 Å². The summed E-state index contributed by atoms with van der Waals surface area (Å²) in [4.78, 5) is 27.8. The molecule has 2 heterocycles. The van der Waals surface area contributed by atoms with Crippen LogP contribution in [0.2, 0.25) is 0 Å². The van der Waals surface area contributed by atoms with E-state index in [4.69, 9.17) is 4.74 Å². The summed E-state index contributed by atoms with van der Waals surface area (Å²) in [6, 6.07) is 8.35. The van der Waals surface area contributed by atoms with E-state index in [0.29, 0.717) is 19.1 Å². The molecule has 154 valence electrons. The van der Waals surface area contributed by atoms with Gasteiger partial charge in [-0.15, -0.1) is 0 Å². The van der Waals surface area contributed by atoms with E-state index in [1.54, 1.807) is 7.05 Å². The molecule has 2 amide bonds. The van der Waals surface area contributed by atoms with Crippen LogP contribution in [-0.2, 0) is 16.1 Å². The second-order valence-corrected chi connectivity index (χ2v) is 7.59. The van der Waals surface area contributed by atoms with Gasteiger partial charge in [-0.05, 0) is 31.7 Å². The maximum Gasteiger partial charge on any atom is 0.260 e. The number of para-hydroxylation sites is 1. The van der Waals surface area contributed by atoms with Crippen LogP contribution in [0.4, 0.5) is 0 Å². The van der Waals surface area contributed by atoms with Crippen LogP contribution in [0.1, 0.15) is 31.2 Å². The van der Waals surface area contributed by atoms with Gasteiger partial charge in [-0.3, -0.25) is 14.5 Å². The zero-order chi connectivity index (χ0) is 19.8. The van der Waals surface area contributed by atoms with E-state index >= 15 is 0 Å². The maximum absolute atomic E-state index is 12.2. The van der Waals surface area contributed by atoms with E-state index in [0.717, 1.165) is 63.2 Å².